The molecule has 0 saturated carbocycles. The van der Waals surface area contributed by atoms with Crippen molar-refractivity contribution in [2.75, 3.05) is 0 Å². The van der Waals surface area contributed by atoms with E-state index in [9.17, 15) is 39.4 Å². The predicted octanol–water partition coefficient (Wildman–Crippen LogP) is 6.54. The van der Waals surface area contributed by atoms with Crippen molar-refractivity contribution < 1.29 is 44.3 Å². The van der Waals surface area contributed by atoms with Gasteiger partial charge < -0.3 is 26.4 Å². The van der Waals surface area contributed by atoms with Crippen molar-refractivity contribution in [2.45, 2.75) is 58.0 Å². The number of nitrogens with zero attached hydrogens (tertiary/aromatic N) is 2. The Bertz CT molecular complexity index is 1660. The first-order valence-electron chi connectivity index (χ1n) is 15.8. The summed E-state index contributed by atoms with van der Waals surface area (Å²) in [5.41, 5.74) is 9.54. The van der Waals surface area contributed by atoms with E-state index in [1.54, 1.807) is 54.6 Å². The molecule has 4 aromatic carbocycles. The number of benzene rings is 4. The topological polar surface area (TPSA) is 253 Å². The van der Waals surface area contributed by atoms with Crippen LogP contribution in [0.25, 0.3) is 0 Å². The van der Waals surface area contributed by atoms with Gasteiger partial charge >= 0.3 is 17.9 Å². The van der Waals surface area contributed by atoms with Crippen LogP contribution >= 0.6 is 0 Å². The highest BCUT2D eigenvalue weighted by atomic mass is 16.6. The summed E-state index contributed by atoms with van der Waals surface area (Å²) in [6.45, 7) is 3.79. The number of nitrogens with two attached hydrogens (primary N) is 1. The van der Waals surface area contributed by atoms with E-state index < -0.39 is 39.8 Å². The minimum atomic E-state index is -1.01. The molecule has 4 aromatic rings. The zero-order valence-electron chi connectivity index (χ0n) is 28.7. The van der Waals surface area contributed by atoms with Crippen LogP contribution in [0.4, 0.5) is 11.4 Å². The summed E-state index contributed by atoms with van der Waals surface area (Å²) in [7, 11) is 0. The lowest BCUT2D eigenvalue weighted by Gasteiger charge is -2.17. The summed E-state index contributed by atoms with van der Waals surface area (Å²) in [6.07, 6.45) is -0.0218. The molecule has 4 rings (SSSR count). The van der Waals surface area contributed by atoms with Gasteiger partial charge in [0.25, 0.3) is 11.4 Å². The third kappa shape index (κ3) is 19.5. The molecule has 0 bridgehead atoms. The zero-order chi connectivity index (χ0) is 39.1. The van der Waals surface area contributed by atoms with Gasteiger partial charge in [0, 0.05) is 43.1 Å². The number of aliphatic carboxylic acids is 3. The Morgan fingerprint density at radius 2 is 1.02 bits per heavy atom. The van der Waals surface area contributed by atoms with E-state index in [1.807, 2.05) is 44.2 Å². The first-order chi connectivity index (χ1) is 24.6. The fourth-order valence-electron chi connectivity index (χ4n) is 4.12. The third-order valence-corrected chi connectivity index (χ3v) is 6.82. The molecule has 276 valence electrons. The van der Waals surface area contributed by atoms with Gasteiger partial charge in [-0.1, -0.05) is 96.1 Å². The molecule has 0 aliphatic rings. The molecule has 0 heterocycles. The van der Waals surface area contributed by atoms with Crippen LogP contribution in [-0.2, 0) is 19.2 Å². The number of nitrogens with one attached hydrogen (secondary N) is 1. The Hall–Kier alpha value is -6.48. The second kappa shape index (κ2) is 23.8. The van der Waals surface area contributed by atoms with Crippen molar-refractivity contribution >= 4 is 35.2 Å². The Morgan fingerprint density at radius 3 is 1.38 bits per heavy atom. The van der Waals surface area contributed by atoms with Crippen LogP contribution in [0.15, 0.2) is 109 Å². The van der Waals surface area contributed by atoms with E-state index >= 15 is 0 Å². The Balaban J connectivity index is 0.000000364. The molecular formula is C37H42N4O11. The molecule has 0 fully saturated rings. The minimum absolute atomic E-state index is 0.0238. The van der Waals surface area contributed by atoms with Crippen LogP contribution in [-0.4, -0.2) is 49.0 Å². The molecular weight excluding hydrogens is 676 g/mol. The standard InChI is InChI=1S/C14H17NO5.C9H11NO2.2C7H7NO2/c16-12(7-4-8-13(17)18)15-11(9-14(19)20)10-5-2-1-3-6-10;10-8(6-9(11)12)7-4-2-1-3-5-7;2*1-6-2-4-7(5-3-6)8(9)10/h1-3,5-6,11H,4,7-9H2,(H,15,16)(H,17,18)(H,19,20);1-5,8H,6,10H2,(H,11,12);2*2-5H,1H3/t;8-;;/m.1../s1. The number of nitro benzene ring substituents is 2. The van der Waals surface area contributed by atoms with E-state index in [-0.39, 0.29) is 49.4 Å². The van der Waals surface area contributed by atoms with Gasteiger partial charge in [0.2, 0.25) is 5.91 Å². The highest BCUT2D eigenvalue weighted by Crippen LogP contribution is 2.17. The quantitative estimate of drug-likeness (QED) is 0.0729. The number of hydrogen-bond acceptors (Lipinski definition) is 9. The normalized spacial score (nSPS) is 10.9. The highest BCUT2D eigenvalue weighted by molar-refractivity contribution is 5.78. The summed E-state index contributed by atoms with van der Waals surface area (Å²) in [5.74, 6) is -3.18. The third-order valence-electron chi connectivity index (χ3n) is 6.82. The number of aryl methyl sites for hydroxylation is 2. The van der Waals surface area contributed by atoms with Crippen LogP contribution in [0.5, 0.6) is 0 Å². The Labute approximate surface area is 300 Å². The van der Waals surface area contributed by atoms with Gasteiger partial charge in [-0.15, -0.1) is 0 Å². The van der Waals surface area contributed by atoms with Crippen molar-refractivity contribution in [1.29, 1.82) is 0 Å². The van der Waals surface area contributed by atoms with Gasteiger partial charge in [-0.2, -0.15) is 0 Å². The largest absolute Gasteiger partial charge is 0.481 e. The number of amides is 1. The van der Waals surface area contributed by atoms with Crippen molar-refractivity contribution in [3.05, 3.63) is 152 Å². The van der Waals surface area contributed by atoms with Crippen LogP contribution in [0.2, 0.25) is 0 Å². The van der Waals surface area contributed by atoms with Crippen molar-refractivity contribution in [2.24, 2.45) is 5.73 Å². The number of carbonyl (C=O) groups excluding carboxylic acids is 1. The van der Waals surface area contributed by atoms with Crippen LogP contribution in [0, 0.1) is 34.1 Å². The summed E-state index contributed by atoms with van der Waals surface area (Å²) < 4.78 is 0. The summed E-state index contributed by atoms with van der Waals surface area (Å²) in [6, 6.07) is 29.9. The van der Waals surface area contributed by atoms with Gasteiger partial charge in [-0.3, -0.25) is 39.4 Å². The lowest BCUT2D eigenvalue weighted by molar-refractivity contribution is -0.385. The molecule has 15 nitrogen and oxygen atoms in total. The van der Waals surface area contributed by atoms with E-state index in [2.05, 4.69) is 5.32 Å². The first kappa shape index (κ1) is 43.5. The van der Waals surface area contributed by atoms with Crippen molar-refractivity contribution in [1.82, 2.24) is 5.32 Å². The molecule has 0 radical (unpaired) electrons. The minimum Gasteiger partial charge on any atom is -0.481 e. The fourth-order valence-corrected chi connectivity index (χ4v) is 4.12. The van der Waals surface area contributed by atoms with Gasteiger partial charge in [-0.05, 0) is 31.4 Å². The van der Waals surface area contributed by atoms with Crippen molar-refractivity contribution in [3.63, 3.8) is 0 Å². The molecule has 52 heavy (non-hydrogen) atoms. The smallest absolute Gasteiger partial charge is 0.305 e. The van der Waals surface area contributed by atoms with E-state index in [0.29, 0.717) is 5.56 Å². The van der Waals surface area contributed by atoms with Crippen LogP contribution < -0.4 is 11.1 Å². The zero-order valence-corrected chi connectivity index (χ0v) is 28.7. The molecule has 1 unspecified atom stereocenters. The molecule has 1 amide bonds. The van der Waals surface area contributed by atoms with Gasteiger partial charge in [0.15, 0.2) is 0 Å². The lowest BCUT2D eigenvalue weighted by Crippen LogP contribution is -2.30. The van der Waals surface area contributed by atoms with Gasteiger partial charge in [0.1, 0.15) is 0 Å². The second-order valence-corrected chi connectivity index (χ2v) is 11.2. The number of carbonyl (C=O) groups is 4. The van der Waals surface area contributed by atoms with Crippen molar-refractivity contribution in [3.8, 4) is 0 Å². The summed E-state index contributed by atoms with van der Waals surface area (Å²) >= 11 is 0. The lowest BCUT2D eigenvalue weighted by atomic mass is 10.0. The summed E-state index contributed by atoms with van der Waals surface area (Å²) in [4.78, 5) is 62.6. The van der Waals surface area contributed by atoms with Crippen LogP contribution in [0.1, 0.15) is 66.4 Å². The van der Waals surface area contributed by atoms with Gasteiger partial charge in [-0.25, -0.2) is 0 Å². The maximum absolute atomic E-state index is 11.7. The Morgan fingerprint density at radius 1 is 0.615 bits per heavy atom. The monoisotopic (exact) mass is 718 g/mol. The average molecular weight is 719 g/mol. The number of carboxylic acid groups (broad SMARTS) is 3. The number of rotatable bonds is 13. The average Bonchev–Trinajstić information content (AvgIpc) is 3.09. The number of hydrogen-bond donors (Lipinski definition) is 5. The second-order valence-electron chi connectivity index (χ2n) is 11.2. The SMILES string of the molecule is Cc1ccc([N+](=O)[O-])cc1.Cc1ccc([N+](=O)[O-])cc1.N[C@H](CC(=O)O)c1ccccc1.O=C(O)CCCC(=O)NC(CC(=O)O)c1ccccc1. The van der Waals surface area contributed by atoms with E-state index in [0.717, 1.165) is 16.7 Å². The number of nitro groups is 2. The molecule has 0 aliphatic carbocycles. The van der Waals surface area contributed by atoms with E-state index in [4.69, 9.17) is 21.1 Å². The highest BCUT2D eigenvalue weighted by Gasteiger charge is 2.18. The molecule has 0 saturated heterocycles. The van der Waals surface area contributed by atoms with Crippen LogP contribution in [0.3, 0.4) is 0 Å². The Kier molecular flexibility index (Phi) is 19.9. The molecule has 0 aliphatic heterocycles. The molecule has 6 N–H and O–H groups in total. The molecule has 15 heteroatoms. The number of non-ortho nitro benzene ring substituents is 2. The number of carboxylic acids is 3. The maximum atomic E-state index is 11.7. The fraction of sp³-hybridized carbons (Fsp3) is 0.243. The first-order valence-corrected chi connectivity index (χ1v) is 15.8. The molecule has 0 aromatic heterocycles. The maximum Gasteiger partial charge on any atom is 0.305 e. The summed E-state index contributed by atoms with van der Waals surface area (Å²) in [5, 5.41) is 48.7. The molecule has 0 spiro atoms. The van der Waals surface area contributed by atoms with E-state index in [1.165, 1.54) is 24.3 Å². The predicted molar refractivity (Wildman–Crippen MR) is 192 cm³/mol. The van der Waals surface area contributed by atoms with Gasteiger partial charge in [0.05, 0.1) is 28.7 Å². The molecule has 2 atom stereocenters.